The number of benzene rings is 2. The molecule has 2 aromatic carbocycles. The van der Waals surface area contributed by atoms with E-state index >= 15 is 0 Å². The second kappa shape index (κ2) is 7.37. The van der Waals surface area contributed by atoms with Gasteiger partial charge in [-0.1, -0.05) is 59.9 Å². The van der Waals surface area contributed by atoms with Gasteiger partial charge in [-0.15, -0.1) is 0 Å². The number of anilines is 1. The number of thiazole rings is 1. The highest BCUT2D eigenvalue weighted by molar-refractivity contribution is 7.73. The summed E-state index contributed by atoms with van der Waals surface area (Å²) in [4.78, 5) is 20.3. The van der Waals surface area contributed by atoms with Gasteiger partial charge in [0.25, 0.3) is 0 Å². The van der Waals surface area contributed by atoms with E-state index in [2.05, 4.69) is 9.97 Å². The van der Waals surface area contributed by atoms with Gasteiger partial charge in [-0.2, -0.15) is 13.2 Å². The SMILES string of the molecule is O=C(Nc1nc(-c2ccccc2)nc2c1sc(=S)n2-c1ccccc1)C(F)(F)F. The summed E-state index contributed by atoms with van der Waals surface area (Å²) in [6.45, 7) is 0. The molecule has 0 unspecified atom stereocenters. The Labute approximate surface area is 171 Å². The molecule has 0 fully saturated rings. The van der Waals surface area contributed by atoms with Gasteiger partial charge in [0.05, 0.1) is 0 Å². The monoisotopic (exact) mass is 432 g/mol. The Kier molecular flexibility index (Phi) is 4.89. The van der Waals surface area contributed by atoms with E-state index in [1.54, 1.807) is 47.0 Å². The van der Waals surface area contributed by atoms with Crippen LogP contribution in [0.3, 0.4) is 0 Å². The number of halogens is 3. The molecule has 29 heavy (non-hydrogen) atoms. The van der Waals surface area contributed by atoms with Crippen LogP contribution in [0.4, 0.5) is 19.0 Å². The van der Waals surface area contributed by atoms with Crippen molar-refractivity contribution in [3.63, 3.8) is 0 Å². The molecular formula is C19H11F3N4OS2. The van der Waals surface area contributed by atoms with Gasteiger partial charge in [-0.3, -0.25) is 9.36 Å². The molecule has 0 saturated heterocycles. The Morgan fingerprint density at radius 2 is 1.62 bits per heavy atom. The number of amides is 1. The maximum Gasteiger partial charge on any atom is 0.471 e. The number of nitrogens with zero attached hydrogens (tertiary/aromatic N) is 3. The summed E-state index contributed by atoms with van der Waals surface area (Å²) in [6, 6.07) is 17.8. The molecule has 10 heteroatoms. The van der Waals surface area contributed by atoms with Crippen molar-refractivity contribution >= 4 is 45.6 Å². The fourth-order valence-electron chi connectivity index (χ4n) is 2.69. The quantitative estimate of drug-likeness (QED) is 0.442. The molecule has 1 amide bonds. The molecule has 0 atom stereocenters. The smallest absolute Gasteiger partial charge is 0.301 e. The Balaban J connectivity index is 1.99. The average molecular weight is 432 g/mol. The third-order valence-electron chi connectivity index (χ3n) is 3.97. The zero-order chi connectivity index (χ0) is 20.6. The van der Waals surface area contributed by atoms with Gasteiger partial charge >= 0.3 is 12.1 Å². The molecule has 0 aliphatic carbocycles. The van der Waals surface area contributed by atoms with E-state index in [1.807, 2.05) is 23.5 Å². The number of hydrogen-bond acceptors (Lipinski definition) is 5. The minimum Gasteiger partial charge on any atom is -0.301 e. The second-order valence-corrected chi connectivity index (χ2v) is 7.55. The first-order chi connectivity index (χ1) is 13.8. The van der Waals surface area contributed by atoms with Gasteiger partial charge in [0, 0.05) is 11.3 Å². The van der Waals surface area contributed by atoms with Crippen molar-refractivity contribution in [2.24, 2.45) is 0 Å². The van der Waals surface area contributed by atoms with Crippen molar-refractivity contribution in [3.8, 4) is 17.1 Å². The number of para-hydroxylation sites is 1. The predicted molar refractivity (Wildman–Crippen MR) is 108 cm³/mol. The van der Waals surface area contributed by atoms with E-state index in [0.717, 1.165) is 11.3 Å². The average Bonchev–Trinajstić information content (AvgIpc) is 3.04. The number of carbonyl (C=O) groups is 1. The number of nitrogens with one attached hydrogen (secondary N) is 1. The fraction of sp³-hybridized carbons (Fsp3) is 0.0526. The van der Waals surface area contributed by atoms with Gasteiger partial charge in [0.1, 0.15) is 4.70 Å². The van der Waals surface area contributed by atoms with Crippen LogP contribution in [0.25, 0.3) is 27.4 Å². The fourth-order valence-corrected chi connectivity index (χ4v) is 4.01. The van der Waals surface area contributed by atoms with E-state index in [9.17, 15) is 18.0 Å². The van der Waals surface area contributed by atoms with E-state index in [4.69, 9.17) is 12.2 Å². The van der Waals surface area contributed by atoms with Gasteiger partial charge in [0.2, 0.25) is 0 Å². The second-order valence-electron chi connectivity index (χ2n) is 5.91. The van der Waals surface area contributed by atoms with Gasteiger partial charge < -0.3 is 5.32 Å². The molecule has 0 spiro atoms. The van der Waals surface area contributed by atoms with Crippen LogP contribution in [0.15, 0.2) is 60.7 Å². The highest BCUT2D eigenvalue weighted by atomic mass is 32.1. The standard InChI is InChI=1S/C19H11F3N4OS2/c20-19(21,22)17(27)25-15-13-16(24-14(23-15)11-7-3-1-4-8-11)26(18(28)29-13)12-9-5-2-6-10-12/h1-10H,(H,23,24,25,27). The maximum absolute atomic E-state index is 12.8. The molecular weight excluding hydrogens is 421 g/mol. The van der Waals surface area contributed by atoms with Crippen molar-refractivity contribution in [1.29, 1.82) is 0 Å². The summed E-state index contributed by atoms with van der Waals surface area (Å²) in [5.74, 6) is -2.17. The predicted octanol–water partition coefficient (Wildman–Crippen LogP) is 5.38. The van der Waals surface area contributed by atoms with Gasteiger partial charge in [-0.05, 0) is 24.4 Å². The Morgan fingerprint density at radius 1 is 1.00 bits per heavy atom. The molecule has 1 N–H and O–H groups in total. The number of fused-ring (bicyclic) bond motifs is 1. The van der Waals surface area contributed by atoms with E-state index < -0.39 is 12.1 Å². The van der Waals surface area contributed by atoms with Crippen molar-refractivity contribution in [1.82, 2.24) is 14.5 Å². The van der Waals surface area contributed by atoms with Crippen molar-refractivity contribution in [2.45, 2.75) is 6.18 Å². The van der Waals surface area contributed by atoms with Crippen LogP contribution in [0.5, 0.6) is 0 Å². The van der Waals surface area contributed by atoms with Gasteiger partial charge in [0.15, 0.2) is 21.2 Å². The molecule has 0 saturated carbocycles. The largest absolute Gasteiger partial charge is 0.471 e. The highest BCUT2D eigenvalue weighted by Crippen LogP contribution is 2.33. The lowest BCUT2D eigenvalue weighted by Gasteiger charge is -2.10. The summed E-state index contributed by atoms with van der Waals surface area (Å²) >= 11 is 6.45. The topological polar surface area (TPSA) is 59.8 Å². The Morgan fingerprint density at radius 3 is 2.24 bits per heavy atom. The number of rotatable bonds is 3. The van der Waals surface area contributed by atoms with Crippen molar-refractivity contribution in [2.75, 3.05) is 5.32 Å². The Hall–Kier alpha value is -3.11. The number of alkyl halides is 3. The minimum atomic E-state index is -5.05. The zero-order valence-corrected chi connectivity index (χ0v) is 16.1. The molecule has 0 radical (unpaired) electrons. The third-order valence-corrected chi connectivity index (χ3v) is 5.34. The molecule has 0 bridgehead atoms. The summed E-state index contributed by atoms with van der Waals surface area (Å²) in [5.41, 5.74) is 1.61. The maximum atomic E-state index is 12.8. The van der Waals surface area contributed by atoms with Crippen LogP contribution >= 0.6 is 23.6 Å². The van der Waals surface area contributed by atoms with Crippen molar-refractivity contribution in [3.05, 3.63) is 64.6 Å². The first kappa shape index (κ1) is 19.2. The van der Waals surface area contributed by atoms with E-state index in [-0.39, 0.29) is 16.3 Å². The Bertz CT molecular complexity index is 1250. The van der Waals surface area contributed by atoms with Crippen LogP contribution in [0.1, 0.15) is 0 Å². The lowest BCUT2D eigenvalue weighted by atomic mass is 10.2. The first-order valence-corrected chi connectivity index (χ1v) is 9.49. The molecule has 4 rings (SSSR count). The van der Waals surface area contributed by atoms with E-state index in [1.165, 1.54) is 0 Å². The van der Waals surface area contributed by atoms with Crippen molar-refractivity contribution < 1.29 is 18.0 Å². The molecule has 2 aromatic heterocycles. The normalized spacial score (nSPS) is 11.6. The van der Waals surface area contributed by atoms with Crippen LogP contribution in [-0.4, -0.2) is 26.6 Å². The summed E-state index contributed by atoms with van der Waals surface area (Å²) < 4.78 is 40.8. The van der Waals surface area contributed by atoms with Crippen LogP contribution in [0, 0.1) is 3.95 Å². The van der Waals surface area contributed by atoms with Gasteiger partial charge in [-0.25, -0.2) is 9.97 Å². The number of hydrogen-bond donors (Lipinski definition) is 1. The number of carbonyl (C=O) groups excluding carboxylic acids is 1. The summed E-state index contributed by atoms with van der Waals surface area (Å²) in [6.07, 6.45) is -5.05. The molecule has 146 valence electrons. The van der Waals surface area contributed by atoms with Crippen LogP contribution in [-0.2, 0) is 4.79 Å². The summed E-state index contributed by atoms with van der Waals surface area (Å²) in [5, 5.41) is 1.86. The lowest BCUT2D eigenvalue weighted by molar-refractivity contribution is -0.167. The summed E-state index contributed by atoms with van der Waals surface area (Å²) in [7, 11) is 0. The molecule has 0 aliphatic heterocycles. The zero-order valence-electron chi connectivity index (χ0n) is 14.5. The molecule has 5 nitrogen and oxygen atoms in total. The first-order valence-electron chi connectivity index (χ1n) is 8.27. The van der Waals surface area contributed by atoms with Crippen LogP contribution in [0.2, 0.25) is 0 Å². The highest BCUT2D eigenvalue weighted by Gasteiger charge is 2.39. The lowest BCUT2D eigenvalue weighted by Crippen LogP contribution is -2.30. The third kappa shape index (κ3) is 3.76. The van der Waals surface area contributed by atoms with E-state index in [0.29, 0.717) is 20.9 Å². The molecule has 4 aromatic rings. The molecule has 2 heterocycles. The minimum absolute atomic E-state index is 0.174. The number of aromatic nitrogens is 3. The molecule has 0 aliphatic rings. The van der Waals surface area contributed by atoms with Crippen LogP contribution < -0.4 is 5.32 Å².